The number of nitrogens with one attached hydrogen (secondary N) is 1. The van der Waals surface area contributed by atoms with Crippen molar-refractivity contribution in [2.45, 2.75) is 84.6 Å². The Morgan fingerprint density at radius 3 is 2.58 bits per heavy atom. The molecule has 1 amide bonds. The number of nitrogens with zero attached hydrogens (tertiary/aromatic N) is 2. The van der Waals surface area contributed by atoms with Crippen molar-refractivity contribution < 1.29 is 14.4 Å². The van der Waals surface area contributed by atoms with E-state index in [1.54, 1.807) is 12.5 Å². The molecule has 5 aliphatic rings. The molecule has 1 saturated heterocycles. The third kappa shape index (κ3) is 4.33. The zero-order valence-electron chi connectivity index (χ0n) is 23.2. The number of rotatable bonds is 4. The molecule has 6 atom stereocenters. The van der Waals surface area contributed by atoms with Crippen molar-refractivity contribution >= 4 is 17.4 Å². The van der Waals surface area contributed by atoms with Crippen molar-refractivity contribution in [1.82, 2.24) is 15.4 Å². The summed E-state index contributed by atoms with van der Waals surface area (Å²) in [5, 5.41) is 0. The van der Waals surface area contributed by atoms with E-state index in [-0.39, 0.29) is 34.7 Å². The summed E-state index contributed by atoms with van der Waals surface area (Å²) in [6.07, 6.45) is 18.5. The molecule has 6 unspecified atom stereocenters. The van der Waals surface area contributed by atoms with Crippen LogP contribution >= 0.6 is 0 Å². The van der Waals surface area contributed by atoms with Crippen LogP contribution in [0, 0.1) is 34.5 Å². The van der Waals surface area contributed by atoms with Crippen molar-refractivity contribution in [2.75, 3.05) is 13.1 Å². The minimum atomic E-state index is -0.173. The zero-order valence-corrected chi connectivity index (χ0v) is 23.2. The van der Waals surface area contributed by atoms with Gasteiger partial charge in [0.1, 0.15) is 0 Å². The lowest BCUT2D eigenvalue weighted by Crippen LogP contribution is -2.51. The van der Waals surface area contributed by atoms with Gasteiger partial charge in [-0.1, -0.05) is 37.6 Å². The Morgan fingerprint density at radius 1 is 1.05 bits per heavy atom. The van der Waals surface area contributed by atoms with E-state index < -0.39 is 0 Å². The van der Waals surface area contributed by atoms with Gasteiger partial charge in [0.15, 0.2) is 0 Å². The fourth-order valence-corrected chi connectivity index (χ4v) is 9.01. The Morgan fingerprint density at radius 2 is 1.84 bits per heavy atom. The van der Waals surface area contributed by atoms with E-state index in [9.17, 15) is 9.59 Å². The second-order valence-corrected chi connectivity index (χ2v) is 13.0. The summed E-state index contributed by atoms with van der Waals surface area (Å²) >= 11 is 0. The predicted octanol–water partition coefficient (Wildman–Crippen LogP) is 5.71. The fraction of sp³-hybridized carbons (Fsp3) is 0.656. The van der Waals surface area contributed by atoms with Crippen LogP contribution in [0.4, 0.5) is 0 Å². The van der Waals surface area contributed by atoms with Gasteiger partial charge in [0.2, 0.25) is 5.91 Å². The van der Waals surface area contributed by atoms with E-state index >= 15 is 0 Å². The van der Waals surface area contributed by atoms with Gasteiger partial charge in [0.25, 0.3) is 0 Å². The molecule has 6 heteroatoms. The van der Waals surface area contributed by atoms with Crippen molar-refractivity contribution in [3.63, 3.8) is 0 Å². The standard InChI is InChI=1S/C32H43N3O3/c1-21(36)35-17-12-22(13-18-35)30(37)38-34-25-10-14-31(2)24(19-25)6-7-26-28-9-8-27(23-5-4-16-33-20-23)32(28,3)15-11-29(26)31/h4-5,8,16,19-20,22,25-26,28-29,34H,6-7,9-15,17-18H2,1-3H3. The van der Waals surface area contributed by atoms with E-state index in [4.69, 9.17) is 4.84 Å². The molecule has 0 spiro atoms. The van der Waals surface area contributed by atoms with Crippen LogP contribution in [-0.4, -0.2) is 40.9 Å². The topological polar surface area (TPSA) is 71.5 Å². The van der Waals surface area contributed by atoms with E-state index in [1.165, 1.54) is 36.8 Å². The first-order valence-corrected chi connectivity index (χ1v) is 14.8. The largest absolute Gasteiger partial charge is 0.370 e. The minimum absolute atomic E-state index is 0.0854. The molecule has 4 aliphatic carbocycles. The average molecular weight is 518 g/mol. The minimum Gasteiger partial charge on any atom is -0.370 e. The number of allylic oxidation sites excluding steroid dienone is 3. The van der Waals surface area contributed by atoms with Gasteiger partial charge in [-0.05, 0) is 104 Å². The van der Waals surface area contributed by atoms with Crippen LogP contribution in [0.1, 0.15) is 84.1 Å². The molecule has 1 N–H and O–H groups in total. The first-order valence-electron chi connectivity index (χ1n) is 14.8. The van der Waals surface area contributed by atoms with Gasteiger partial charge in [-0.2, -0.15) is 0 Å². The number of hydroxylamine groups is 1. The highest BCUT2D eigenvalue weighted by molar-refractivity contribution is 5.75. The number of pyridine rings is 1. The molecule has 2 heterocycles. The molecule has 0 bridgehead atoms. The third-order valence-corrected chi connectivity index (χ3v) is 11.3. The number of fused-ring (bicyclic) bond motifs is 5. The lowest BCUT2D eigenvalue weighted by Gasteiger charge is -2.58. The molecule has 6 rings (SSSR count). The summed E-state index contributed by atoms with van der Waals surface area (Å²) in [7, 11) is 0. The van der Waals surface area contributed by atoms with Gasteiger partial charge in [-0.3, -0.25) is 14.6 Å². The van der Waals surface area contributed by atoms with Gasteiger partial charge < -0.3 is 9.74 Å². The molecule has 6 nitrogen and oxygen atoms in total. The molecule has 3 fully saturated rings. The van der Waals surface area contributed by atoms with Crippen LogP contribution in [0.3, 0.4) is 0 Å². The Balaban J connectivity index is 1.09. The normalized spacial score (nSPS) is 36.9. The summed E-state index contributed by atoms with van der Waals surface area (Å²) < 4.78 is 0. The Hall–Kier alpha value is -2.47. The van der Waals surface area contributed by atoms with Gasteiger partial charge in [-0.15, -0.1) is 5.48 Å². The van der Waals surface area contributed by atoms with E-state index in [1.807, 2.05) is 17.3 Å². The Kier molecular flexibility index (Phi) is 6.74. The maximum Gasteiger partial charge on any atom is 0.327 e. The summed E-state index contributed by atoms with van der Waals surface area (Å²) in [4.78, 5) is 36.1. The first kappa shape index (κ1) is 25.8. The molecular weight excluding hydrogens is 474 g/mol. The van der Waals surface area contributed by atoms with Crippen LogP contribution in [-0.2, 0) is 14.4 Å². The fourth-order valence-electron chi connectivity index (χ4n) is 9.01. The summed E-state index contributed by atoms with van der Waals surface area (Å²) in [5.74, 6) is 2.02. The number of likely N-dealkylation sites (tertiary alicyclic amines) is 1. The van der Waals surface area contributed by atoms with Crippen molar-refractivity contribution in [2.24, 2.45) is 34.5 Å². The molecule has 0 radical (unpaired) electrons. The molecular formula is C32H43N3O3. The number of carbonyl (C=O) groups is 2. The quantitative estimate of drug-likeness (QED) is 0.409. The first-order chi connectivity index (χ1) is 18.3. The van der Waals surface area contributed by atoms with E-state index in [0.29, 0.717) is 25.9 Å². The highest BCUT2D eigenvalue weighted by atomic mass is 16.7. The average Bonchev–Trinajstić information content (AvgIpc) is 3.29. The Bertz CT molecular complexity index is 1140. The van der Waals surface area contributed by atoms with Crippen LogP contribution in [0.2, 0.25) is 0 Å². The van der Waals surface area contributed by atoms with Crippen LogP contribution in [0.25, 0.3) is 5.57 Å². The molecule has 38 heavy (non-hydrogen) atoms. The second kappa shape index (κ2) is 9.93. The third-order valence-electron chi connectivity index (χ3n) is 11.3. The van der Waals surface area contributed by atoms with E-state index in [2.05, 4.69) is 48.6 Å². The molecule has 0 aromatic carbocycles. The van der Waals surface area contributed by atoms with Gasteiger partial charge >= 0.3 is 5.97 Å². The number of hydrogen-bond donors (Lipinski definition) is 1. The Labute approximate surface area is 227 Å². The molecule has 1 aromatic heterocycles. The maximum absolute atomic E-state index is 12.7. The highest BCUT2D eigenvalue weighted by Gasteiger charge is 2.57. The number of aromatic nitrogens is 1. The van der Waals surface area contributed by atoms with Crippen LogP contribution in [0.5, 0.6) is 0 Å². The lowest BCUT2D eigenvalue weighted by molar-refractivity contribution is -0.160. The number of hydrogen-bond acceptors (Lipinski definition) is 5. The smallest absolute Gasteiger partial charge is 0.327 e. The van der Waals surface area contributed by atoms with Crippen molar-refractivity contribution in [1.29, 1.82) is 0 Å². The SMILES string of the molecule is CC(=O)N1CCC(C(=O)ONC2C=C3CCC4C(CCC5(C)C(c6cccnc6)=CCC45)C3(C)CC2)CC1. The van der Waals surface area contributed by atoms with Gasteiger partial charge in [0.05, 0.1) is 12.0 Å². The van der Waals surface area contributed by atoms with Crippen molar-refractivity contribution in [3.8, 4) is 0 Å². The maximum atomic E-state index is 12.7. The lowest BCUT2D eigenvalue weighted by atomic mass is 9.46. The molecule has 1 aromatic rings. The van der Waals surface area contributed by atoms with Crippen molar-refractivity contribution in [3.05, 3.63) is 47.8 Å². The molecule has 1 aliphatic heterocycles. The number of piperidine rings is 1. The summed E-state index contributed by atoms with van der Waals surface area (Å²) in [6.45, 7) is 7.92. The van der Waals surface area contributed by atoms with Crippen LogP contribution < -0.4 is 5.48 Å². The summed E-state index contributed by atoms with van der Waals surface area (Å²) in [5.41, 5.74) is 8.05. The predicted molar refractivity (Wildman–Crippen MR) is 147 cm³/mol. The monoisotopic (exact) mass is 517 g/mol. The van der Waals surface area contributed by atoms with E-state index in [0.717, 1.165) is 37.0 Å². The number of carbonyl (C=O) groups excluding carboxylic acids is 2. The highest BCUT2D eigenvalue weighted by Crippen LogP contribution is 2.66. The van der Waals surface area contributed by atoms with Crippen LogP contribution in [0.15, 0.2) is 42.3 Å². The number of amides is 1. The van der Waals surface area contributed by atoms with Gasteiger partial charge in [-0.25, -0.2) is 0 Å². The summed E-state index contributed by atoms with van der Waals surface area (Å²) in [6, 6.07) is 4.39. The second-order valence-electron chi connectivity index (χ2n) is 13.0. The molecule has 2 saturated carbocycles. The zero-order chi connectivity index (χ0) is 26.5. The molecule has 204 valence electrons. The van der Waals surface area contributed by atoms with Gasteiger partial charge in [0, 0.05) is 32.4 Å².